The summed E-state index contributed by atoms with van der Waals surface area (Å²) in [5.74, 6) is -2.91. The molecule has 0 radical (unpaired) electrons. The largest absolute Gasteiger partial charge is 1.00 e. The molecule has 37 heavy (non-hydrogen) atoms. The SMILES string of the molecule is COC(=O)C1=C(O)c2ccc(Cl)cc2NC(=O)C1.O=C(O)Cc1c(O)c2ccc(Cl)cc2[nH]c1=O.[K+].[OH-]. The number of carbonyl (C=O) groups excluding carboxylic acids is 2. The first kappa shape index (κ1) is 32.6. The molecule has 1 aliphatic heterocycles. The second kappa shape index (κ2) is 13.9. The molecule has 3 aromatic rings. The maximum Gasteiger partial charge on any atom is 1.00 e. The fraction of sp³-hybridized carbons (Fsp3) is 0.130. The fourth-order valence-electron chi connectivity index (χ4n) is 3.33. The first-order chi connectivity index (χ1) is 16.5. The number of nitrogens with one attached hydrogen (secondary N) is 2. The summed E-state index contributed by atoms with van der Waals surface area (Å²) in [6.45, 7) is 0. The summed E-state index contributed by atoms with van der Waals surface area (Å²) in [5.41, 5.74) is 0.215. The summed E-state index contributed by atoms with van der Waals surface area (Å²) in [4.78, 5) is 47.8. The van der Waals surface area contributed by atoms with Crippen LogP contribution in [0, 0.1) is 0 Å². The standard InChI is InChI=1S/C12H10ClNO4.C11H8ClNO4.K.H2O/c1-18-12(17)8-5-10(15)14-9-4-6(13)2-3-7(9)11(8)16;12-5-1-2-6-8(3-5)13-11(17)7(10(6)16)4-9(14)15;;/h2-4,16H,5H2,1H3,(H,14,15);1-3H,4H2,(H,14,15)(H2,13,16,17);;1H2/q;;+1;/p-1. The van der Waals surface area contributed by atoms with Gasteiger partial charge in [-0.3, -0.25) is 14.4 Å². The third kappa shape index (κ3) is 7.79. The molecule has 0 saturated heterocycles. The normalized spacial score (nSPS) is 12.0. The second-order valence-corrected chi connectivity index (χ2v) is 8.15. The molecular formula is C23H19Cl2KN2O9. The molecule has 0 bridgehead atoms. The summed E-state index contributed by atoms with van der Waals surface area (Å²) >= 11 is 11.6. The second-order valence-electron chi connectivity index (χ2n) is 7.28. The van der Waals surface area contributed by atoms with Gasteiger partial charge in [0.25, 0.3) is 5.56 Å². The number of benzene rings is 2. The Labute approximate surface area is 261 Å². The van der Waals surface area contributed by atoms with Crippen LogP contribution >= 0.6 is 23.2 Å². The van der Waals surface area contributed by atoms with E-state index in [-0.39, 0.29) is 85.9 Å². The van der Waals surface area contributed by atoms with Gasteiger partial charge < -0.3 is 35.8 Å². The minimum Gasteiger partial charge on any atom is -0.870 e. The molecular weight excluding hydrogens is 558 g/mol. The van der Waals surface area contributed by atoms with Crippen molar-refractivity contribution in [3.8, 4) is 5.75 Å². The number of ether oxygens (including phenoxy) is 1. The number of aliphatic hydroxyl groups excluding tert-OH is 1. The van der Waals surface area contributed by atoms with Gasteiger partial charge >= 0.3 is 63.3 Å². The van der Waals surface area contributed by atoms with Gasteiger partial charge in [0.05, 0.1) is 42.3 Å². The molecule has 0 unspecified atom stereocenters. The Morgan fingerprint density at radius 2 is 1.68 bits per heavy atom. The first-order valence-electron chi connectivity index (χ1n) is 9.87. The monoisotopic (exact) mass is 576 g/mol. The Morgan fingerprint density at radius 1 is 1.05 bits per heavy atom. The molecule has 0 atom stereocenters. The van der Waals surface area contributed by atoms with E-state index in [9.17, 15) is 29.4 Å². The van der Waals surface area contributed by atoms with E-state index in [0.717, 1.165) is 0 Å². The molecule has 1 amide bonds. The number of aromatic nitrogens is 1. The van der Waals surface area contributed by atoms with E-state index in [1.165, 1.54) is 31.4 Å². The zero-order valence-corrected chi connectivity index (χ0v) is 24.1. The number of carboxylic acid groups (broad SMARTS) is 1. The number of anilines is 1. The molecule has 2 heterocycles. The van der Waals surface area contributed by atoms with Crippen LogP contribution in [0.5, 0.6) is 5.75 Å². The number of H-pyrrole nitrogens is 1. The Hall–Kier alpha value is -2.42. The van der Waals surface area contributed by atoms with Crippen LogP contribution in [0.25, 0.3) is 16.7 Å². The number of esters is 1. The van der Waals surface area contributed by atoms with Crippen LogP contribution in [-0.4, -0.2) is 50.7 Å². The third-order valence-electron chi connectivity index (χ3n) is 4.94. The number of aliphatic carboxylic acids is 1. The van der Waals surface area contributed by atoms with E-state index in [0.29, 0.717) is 32.2 Å². The number of fused-ring (bicyclic) bond motifs is 2. The van der Waals surface area contributed by atoms with Crippen molar-refractivity contribution in [3.63, 3.8) is 0 Å². The molecule has 6 N–H and O–H groups in total. The average Bonchev–Trinajstić information content (AvgIpc) is 2.91. The summed E-state index contributed by atoms with van der Waals surface area (Å²) in [6.07, 6.45) is -0.773. The van der Waals surface area contributed by atoms with Crippen LogP contribution in [0.2, 0.25) is 10.0 Å². The van der Waals surface area contributed by atoms with E-state index in [4.69, 9.17) is 28.3 Å². The molecule has 1 aliphatic rings. The molecule has 0 fully saturated rings. The number of aromatic amines is 1. The smallest absolute Gasteiger partial charge is 0.870 e. The summed E-state index contributed by atoms with van der Waals surface area (Å²) < 4.78 is 4.54. The van der Waals surface area contributed by atoms with Gasteiger partial charge in [-0.1, -0.05) is 23.2 Å². The van der Waals surface area contributed by atoms with Crippen molar-refractivity contribution in [3.05, 3.63) is 73.5 Å². The van der Waals surface area contributed by atoms with Crippen molar-refractivity contribution >= 4 is 63.4 Å². The molecule has 190 valence electrons. The molecule has 0 spiro atoms. The zero-order chi connectivity index (χ0) is 25.9. The number of hydrogen-bond acceptors (Lipinski definition) is 8. The van der Waals surface area contributed by atoms with E-state index in [1.54, 1.807) is 12.1 Å². The summed E-state index contributed by atoms with van der Waals surface area (Å²) in [7, 11) is 1.19. The van der Waals surface area contributed by atoms with Crippen molar-refractivity contribution < 1.29 is 91.3 Å². The van der Waals surface area contributed by atoms with Gasteiger partial charge in [-0.2, -0.15) is 0 Å². The van der Waals surface area contributed by atoms with Gasteiger partial charge in [0.15, 0.2) is 0 Å². The minimum atomic E-state index is -1.18. The summed E-state index contributed by atoms with van der Waals surface area (Å²) in [6, 6.07) is 9.15. The van der Waals surface area contributed by atoms with Crippen LogP contribution in [0.15, 0.2) is 46.8 Å². The van der Waals surface area contributed by atoms with Crippen LogP contribution in [0.4, 0.5) is 5.69 Å². The molecule has 0 aliphatic carbocycles. The molecule has 11 nitrogen and oxygen atoms in total. The summed E-state index contributed by atoms with van der Waals surface area (Å²) in [5, 5.41) is 32.3. The van der Waals surface area contributed by atoms with E-state index in [1.807, 2.05) is 0 Å². The van der Waals surface area contributed by atoms with Crippen LogP contribution in [0.1, 0.15) is 17.5 Å². The molecule has 14 heteroatoms. The number of carbonyl (C=O) groups is 3. The number of halogens is 2. The topological polar surface area (TPSA) is 196 Å². The molecule has 4 rings (SSSR count). The predicted octanol–water partition coefficient (Wildman–Crippen LogP) is 0.466. The Bertz CT molecular complexity index is 1450. The number of aromatic hydroxyl groups is 1. The van der Waals surface area contributed by atoms with Crippen molar-refractivity contribution in [1.29, 1.82) is 0 Å². The van der Waals surface area contributed by atoms with Gasteiger partial charge in [-0.25, -0.2) is 4.79 Å². The van der Waals surface area contributed by atoms with Gasteiger partial charge in [0.1, 0.15) is 11.5 Å². The number of carboxylic acids is 1. The van der Waals surface area contributed by atoms with E-state index >= 15 is 0 Å². The zero-order valence-electron chi connectivity index (χ0n) is 19.5. The number of aliphatic hydroxyl groups is 1. The molecule has 1 aromatic heterocycles. The Kier molecular flexibility index (Phi) is 12.3. The van der Waals surface area contributed by atoms with Crippen molar-refractivity contribution in [2.24, 2.45) is 0 Å². The Balaban J connectivity index is 0.000000351. The first-order valence-corrected chi connectivity index (χ1v) is 10.6. The maximum atomic E-state index is 11.6. The van der Waals surface area contributed by atoms with E-state index < -0.39 is 29.8 Å². The van der Waals surface area contributed by atoms with Gasteiger partial charge in [-0.15, -0.1) is 0 Å². The minimum absolute atomic E-state index is 0. The van der Waals surface area contributed by atoms with Gasteiger partial charge in [-0.05, 0) is 36.4 Å². The number of rotatable bonds is 3. The average molecular weight is 577 g/mol. The fourth-order valence-corrected chi connectivity index (χ4v) is 3.67. The molecule has 2 aromatic carbocycles. The number of pyridine rings is 1. The molecule has 0 saturated carbocycles. The van der Waals surface area contributed by atoms with E-state index in [2.05, 4.69) is 15.0 Å². The number of amides is 1. The van der Waals surface area contributed by atoms with Crippen molar-refractivity contribution in [2.45, 2.75) is 12.8 Å². The van der Waals surface area contributed by atoms with Crippen molar-refractivity contribution in [1.82, 2.24) is 4.98 Å². The quantitative estimate of drug-likeness (QED) is 0.217. The van der Waals surface area contributed by atoms with Crippen LogP contribution in [-0.2, 0) is 25.5 Å². The van der Waals surface area contributed by atoms with Crippen molar-refractivity contribution in [2.75, 3.05) is 12.4 Å². The predicted molar refractivity (Wildman–Crippen MR) is 131 cm³/mol. The third-order valence-corrected chi connectivity index (χ3v) is 5.41. The maximum absolute atomic E-state index is 11.6. The van der Waals surface area contributed by atoms with Crippen LogP contribution < -0.4 is 62.3 Å². The van der Waals surface area contributed by atoms with Gasteiger partial charge in [0.2, 0.25) is 5.91 Å². The number of methoxy groups -OCH3 is 1. The van der Waals surface area contributed by atoms with Gasteiger partial charge in [0, 0.05) is 21.0 Å². The Morgan fingerprint density at radius 3 is 2.30 bits per heavy atom. The van der Waals surface area contributed by atoms with Crippen LogP contribution in [0.3, 0.4) is 0 Å². The number of hydrogen-bond donors (Lipinski definition) is 5.